The van der Waals surface area contributed by atoms with Crippen LogP contribution in [0.4, 0.5) is 0 Å². The number of amidine groups is 1. The lowest BCUT2D eigenvalue weighted by atomic mass is 9.78. The Morgan fingerprint density at radius 2 is 2.28 bits per heavy atom. The Balaban J connectivity index is 2.05. The van der Waals surface area contributed by atoms with Gasteiger partial charge < -0.3 is 16.3 Å². The molecular formula is C13H18ClN3O. The van der Waals surface area contributed by atoms with E-state index < -0.39 is 0 Å². The van der Waals surface area contributed by atoms with E-state index in [4.69, 9.17) is 22.5 Å². The van der Waals surface area contributed by atoms with Crippen LogP contribution in [0.25, 0.3) is 0 Å². The summed E-state index contributed by atoms with van der Waals surface area (Å²) in [5.74, 6) is 0.0716. The molecule has 4 N–H and O–H groups in total. The van der Waals surface area contributed by atoms with Crippen molar-refractivity contribution in [2.45, 2.75) is 38.3 Å². The molecule has 2 rings (SSSR count). The molecule has 0 unspecified atom stereocenters. The zero-order valence-electron chi connectivity index (χ0n) is 10.4. The predicted octanol–water partition coefficient (Wildman–Crippen LogP) is 2.47. The average Bonchev–Trinajstić information content (AvgIpc) is 2.34. The summed E-state index contributed by atoms with van der Waals surface area (Å²) in [5.41, 5.74) is 7.42. The Labute approximate surface area is 112 Å². The third kappa shape index (κ3) is 2.76. The first-order valence-electron chi connectivity index (χ1n) is 6.05. The predicted molar refractivity (Wildman–Crippen MR) is 73.1 cm³/mol. The zero-order valence-corrected chi connectivity index (χ0v) is 11.2. The van der Waals surface area contributed by atoms with Gasteiger partial charge in [0, 0.05) is 22.7 Å². The number of benzene rings is 1. The maximum atomic E-state index is 8.61. The first kappa shape index (κ1) is 13.2. The average molecular weight is 268 g/mol. The van der Waals surface area contributed by atoms with E-state index in [0.717, 1.165) is 12.1 Å². The fraction of sp³-hybridized carbons (Fsp3) is 0.462. The van der Waals surface area contributed by atoms with Crippen LogP contribution in [0, 0.1) is 0 Å². The Hall–Kier alpha value is -1.26. The van der Waals surface area contributed by atoms with Gasteiger partial charge in [0.2, 0.25) is 0 Å². The van der Waals surface area contributed by atoms with Gasteiger partial charge in [0.1, 0.15) is 0 Å². The topological polar surface area (TPSA) is 70.6 Å². The van der Waals surface area contributed by atoms with Crippen molar-refractivity contribution < 1.29 is 5.21 Å². The van der Waals surface area contributed by atoms with E-state index in [1.54, 1.807) is 12.1 Å². The summed E-state index contributed by atoms with van der Waals surface area (Å²) in [7, 11) is 0. The van der Waals surface area contributed by atoms with Gasteiger partial charge in [-0.2, -0.15) is 0 Å². The highest BCUT2D eigenvalue weighted by atomic mass is 35.5. The van der Waals surface area contributed by atoms with Crippen molar-refractivity contribution in [2.24, 2.45) is 10.9 Å². The fourth-order valence-corrected chi connectivity index (χ4v) is 2.35. The minimum Gasteiger partial charge on any atom is -0.409 e. The van der Waals surface area contributed by atoms with Crippen molar-refractivity contribution in [1.29, 1.82) is 0 Å². The number of hydrogen-bond donors (Lipinski definition) is 3. The van der Waals surface area contributed by atoms with Crippen molar-refractivity contribution in [3.8, 4) is 0 Å². The second-order valence-corrected chi connectivity index (χ2v) is 5.47. The molecule has 0 aromatic heterocycles. The van der Waals surface area contributed by atoms with Gasteiger partial charge in [-0.1, -0.05) is 28.9 Å². The van der Waals surface area contributed by atoms with Gasteiger partial charge in [-0.15, -0.1) is 0 Å². The maximum Gasteiger partial charge on any atom is 0.170 e. The summed E-state index contributed by atoms with van der Waals surface area (Å²) in [6.07, 6.45) is 3.72. The molecule has 0 amide bonds. The van der Waals surface area contributed by atoms with Crippen molar-refractivity contribution in [3.63, 3.8) is 0 Å². The van der Waals surface area contributed by atoms with Crippen molar-refractivity contribution in [1.82, 2.24) is 5.32 Å². The van der Waals surface area contributed by atoms with E-state index in [1.165, 1.54) is 19.3 Å². The highest BCUT2D eigenvalue weighted by Gasteiger charge is 2.30. The molecule has 0 saturated heterocycles. The monoisotopic (exact) mass is 267 g/mol. The fourth-order valence-electron chi connectivity index (χ4n) is 2.10. The molecule has 98 valence electrons. The number of nitrogens with two attached hydrogens (primary N) is 1. The van der Waals surface area contributed by atoms with E-state index in [2.05, 4.69) is 17.4 Å². The molecule has 0 spiro atoms. The second-order valence-electron chi connectivity index (χ2n) is 5.06. The minimum absolute atomic E-state index is 0.0716. The molecule has 1 aromatic carbocycles. The summed E-state index contributed by atoms with van der Waals surface area (Å²) in [6.45, 7) is 2.97. The Bertz CT molecular complexity index is 469. The van der Waals surface area contributed by atoms with E-state index in [1.807, 2.05) is 6.07 Å². The first-order valence-corrected chi connectivity index (χ1v) is 6.43. The first-order chi connectivity index (χ1) is 8.54. The summed E-state index contributed by atoms with van der Waals surface area (Å²) in [5, 5.41) is 15.7. The molecule has 0 atom stereocenters. The number of halogens is 1. The third-order valence-electron chi connectivity index (χ3n) is 3.62. The molecule has 1 aliphatic carbocycles. The highest BCUT2D eigenvalue weighted by molar-refractivity contribution is 6.31. The van der Waals surface area contributed by atoms with Crippen molar-refractivity contribution in [2.75, 3.05) is 0 Å². The molecule has 1 aromatic rings. The summed E-state index contributed by atoms with van der Waals surface area (Å²) in [4.78, 5) is 0. The van der Waals surface area contributed by atoms with Crippen molar-refractivity contribution in [3.05, 3.63) is 34.3 Å². The lowest BCUT2D eigenvalue weighted by molar-refractivity contribution is 0.207. The number of nitrogens with one attached hydrogen (secondary N) is 1. The normalized spacial score (nSPS) is 18.4. The number of rotatable bonds is 4. The maximum absolute atomic E-state index is 8.61. The molecule has 0 bridgehead atoms. The summed E-state index contributed by atoms with van der Waals surface area (Å²) in [6, 6.07) is 5.43. The highest BCUT2D eigenvalue weighted by Crippen LogP contribution is 2.31. The number of nitrogens with zero attached hydrogens (tertiary/aromatic N) is 1. The van der Waals surface area contributed by atoms with Crippen LogP contribution >= 0.6 is 11.6 Å². The van der Waals surface area contributed by atoms with E-state index in [9.17, 15) is 0 Å². The molecule has 1 saturated carbocycles. The SMILES string of the molecule is CC1(NCc2ccc(/C(N)=N/O)cc2Cl)CCC1. The minimum atomic E-state index is 0.0716. The van der Waals surface area contributed by atoms with Gasteiger partial charge >= 0.3 is 0 Å². The van der Waals surface area contributed by atoms with E-state index in [0.29, 0.717) is 10.6 Å². The van der Waals surface area contributed by atoms with Crippen LogP contribution in [0.1, 0.15) is 37.3 Å². The quantitative estimate of drug-likeness (QED) is 0.340. The van der Waals surface area contributed by atoms with E-state index in [-0.39, 0.29) is 11.4 Å². The van der Waals surface area contributed by atoms with Crippen LogP contribution in [0.15, 0.2) is 23.4 Å². The summed E-state index contributed by atoms with van der Waals surface area (Å²) < 4.78 is 0. The van der Waals surface area contributed by atoms with Gasteiger partial charge in [0.25, 0.3) is 0 Å². The number of oxime groups is 1. The van der Waals surface area contributed by atoms with Gasteiger partial charge in [-0.3, -0.25) is 0 Å². The molecule has 4 nitrogen and oxygen atoms in total. The van der Waals surface area contributed by atoms with Gasteiger partial charge in [-0.25, -0.2) is 0 Å². The third-order valence-corrected chi connectivity index (χ3v) is 3.97. The van der Waals surface area contributed by atoms with E-state index >= 15 is 0 Å². The van der Waals surface area contributed by atoms with Crippen LogP contribution in [-0.2, 0) is 6.54 Å². The molecule has 1 aliphatic rings. The van der Waals surface area contributed by atoms with Crippen LogP contribution < -0.4 is 11.1 Å². The number of hydrogen-bond acceptors (Lipinski definition) is 3. The van der Waals surface area contributed by atoms with Crippen molar-refractivity contribution >= 4 is 17.4 Å². The smallest absolute Gasteiger partial charge is 0.170 e. The molecule has 0 radical (unpaired) electrons. The second kappa shape index (κ2) is 5.16. The Kier molecular flexibility index (Phi) is 3.78. The standard InChI is InChI=1S/C13H18ClN3O/c1-13(5-2-6-13)16-8-10-4-3-9(7-11(10)14)12(15)17-18/h3-4,7,16,18H,2,5-6,8H2,1H3,(H2,15,17). The Morgan fingerprint density at radius 3 is 2.78 bits per heavy atom. The summed E-state index contributed by atoms with van der Waals surface area (Å²) >= 11 is 6.19. The lowest BCUT2D eigenvalue weighted by Gasteiger charge is -2.39. The Morgan fingerprint density at radius 1 is 1.56 bits per heavy atom. The molecule has 1 fully saturated rings. The molecular weight excluding hydrogens is 250 g/mol. The van der Waals surface area contributed by atoms with Gasteiger partial charge in [0.15, 0.2) is 5.84 Å². The van der Waals surface area contributed by atoms with Crippen LogP contribution in [-0.4, -0.2) is 16.6 Å². The zero-order chi connectivity index (χ0) is 13.2. The van der Waals surface area contributed by atoms with Crippen LogP contribution in [0.3, 0.4) is 0 Å². The molecule has 5 heteroatoms. The largest absolute Gasteiger partial charge is 0.409 e. The molecule has 18 heavy (non-hydrogen) atoms. The lowest BCUT2D eigenvalue weighted by Crippen LogP contribution is -2.47. The molecule has 0 heterocycles. The van der Waals surface area contributed by atoms with Crippen LogP contribution in [0.5, 0.6) is 0 Å². The van der Waals surface area contributed by atoms with Gasteiger partial charge in [0.05, 0.1) is 0 Å². The van der Waals surface area contributed by atoms with Crippen LogP contribution in [0.2, 0.25) is 5.02 Å². The van der Waals surface area contributed by atoms with Gasteiger partial charge in [-0.05, 0) is 37.8 Å². The molecule has 0 aliphatic heterocycles.